The Morgan fingerprint density at radius 1 is 0.929 bits per heavy atom. The summed E-state index contributed by atoms with van der Waals surface area (Å²) in [4.78, 5) is 39.7. The number of carbonyl (C=O) groups excluding carboxylic acids is 2. The first-order valence-corrected chi connectivity index (χ1v) is 14.9. The molecule has 1 fully saturated rings. The van der Waals surface area contributed by atoms with E-state index in [1.54, 1.807) is 0 Å². The Labute approximate surface area is 247 Å². The first-order valence-electron chi connectivity index (χ1n) is 14.9. The largest absolute Gasteiger partial charge is 0.368 e. The summed E-state index contributed by atoms with van der Waals surface area (Å²) in [6.45, 7) is 4.24. The maximum absolute atomic E-state index is 14.5. The van der Waals surface area contributed by atoms with Gasteiger partial charge in [-0.15, -0.1) is 0 Å². The van der Waals surface area contributed by atoms with Crippen LogP contribution >= 0.6 is 0 Å². The van der Waals surface area contributed by atoms with E-state index in [0.29, 0.717) is 32.0 Å². The van der Waals surface area contributed by atoms with Gasteiger partial charge in [0.2, 0.25) is 5.91 Å². The number of H-pyrrole nitrogens is 1. The van der Waals surface area contributed by atoms with Crippen LogP contribution in [-0.4, -0.2) is 86.1 Å². The number of aromatic amines is 1. The highest BCUT2D eigenvalue weighted by molar-refractivity contribution is 6.00. The number of amides is 3. The minimum atomic E-state index is -0.699. The highest BCUT2D eigenvalue weighted by Gasteiger charge is 2.35. The molecule has 8 nitrogen and oxygen atoms in total. The van der Waals surface area contributed by atoms with E-state index in [9.17, 15) is 9.59 Å². The Hall–Kier alpha value is -4.30. The lowest BCUT2D eigenvalue weighted by Crippen LogP contribution is -2.58. The van der Waals surface area contributed by atoms with Gasteiger partial charge in [0.25, 0.3) is 0 Å². The van der Waals surface area contributed by atoms with E-state index in [1.165, 1.54) is 11.3 Å². The fraction of sp³-hybridized carbons (Fsp3) is 0.353. The molecule has 1 aromatic heterocycles. The van der Waals surface area contributed by atoms with Crippen LogP contribution in [0, 0.1) is 5.92 Å². The predicted octanol–water partition coefficient (Wildman–Crippen LogP) is 4.38. The molecule has 4 aromatic rings. The summed E-state index contributed by atoms with van der Waals surface area (Å²) in [6, 6.07) is 25.7. The van der Waals surface area contributed by atoms with Crippen molar-refractivity contribution in [1.82, 2.24) is 20.1 Å². The van der Waals surface area contributed by atoms with Crippen molar-refractivity contribution in [1.29, 1.82) is 0 Å². The Bertz CT molecular complexity index is 1530. The summed E-state index contributed by atoms with van der Waals surface area (Å²) in [5, 5.41) is 4.26. The van der Waals surface area contributed by atoms with E-state index >= 15 is 0 Å². The lowest BCUT2D eigenvalue weighted by molar-refractivity contribution is -0.120. The van der Waals surface area contributed by atoms with E-state index in [0.717, 1.165) is 48.2 Å². The number of hydrogen-bond donors (Lipinski definition) is 2. The Kier molecular flexibility index (Phi) is 8.15. The van der Waals surface area contributed by atoms with E-state index < -0.39 is 6.04 Å². The monoisotopic (exact) mass is 564 g/mol. The second-order valence-electron chi connectivity index (χ2n) is 11.8. The van der Waals surface area contributed by atoms with E-state index in [4.69, 9.17) is 0 Å². The molecule has 2 aliphatic heterocycles. The molecule has 42 heavy (non-hydrogen) atoms. The molecule has 2 atom stereocenters. The quantitative estimate of drug-likeness (QED) is 0.350. The third-order valence-electron chi connectivity index (χ3n) is 8.50. The summed E-state index contributed by atoms with van der Waals surface area (Å²) in [5.74, 6) is 0.252. The zero-order valence-electron chi connectivity index (χ0n) is 24.5. The summed E-state index contributed by atoms with van der Waals surface area (Å²) < 4.78 is 0. The average molecular weight is 565 g/mol. The molecule has 218 valence electrons. The van der Waals surface area contributed by atoms with Gasteiger partial charge in [-0.3, -0.25) is 4.79 Å². The molecule has 8 heteroatoms. The van der Waals surface area contributed by atoms with Gasteiger partial charge in [-0.05, 0) is 61.8 Å². The number of carbonyl (C=O) groups is 2. The number of hydrogen-bond acceptors (Lipinski definition) is 4. The number of anilines is 2. The molecule has 0 bridgehead atoms. The van der Waals surface area contributed by atoms with Crippen LogP contribution in [0.4, 0.5) is 16.2 Å². The predicted molar refractivity (Wildman–Crippen MR) is 169 cm³/mol. The Balaban J connectivity index is 1.24. The molecule has 2 aliphatic rings. The topological polar surface area (TPSA) is 74.9 Å². The Morgan fingerprint density at radius 2 is 1.64 bits per heavy atom. The number of piperazine rings is 1. The SMILES string of the molecule is CN(C)C[C@H]1Cc2ccccc2N(C(=O)[C@@H](Cc2c[nH]c3ccccc23)NC(=O)N2CCN(c3ccccc3)CC2)C1. The maximum atomic E-state index is 14.5. The molecular formula is C34H40N6O2. The number of nitrogens with one attached hydrogen (secondary N) is 2. The van der Waals surface area contributed by atoms with Gasteiger partial charge in [-0.2, -0.15) is 0 Å². The van der Waals surface area contributed by atoms with Crippen molar-refractivity contribution in [3.05, 3.63) is 96.2 Å². The highest BCUT2D eigenvalue weighted by Crippen LogP contribution is 2.31. The van der Waals surface area contributed by atoms with Crippen LogP contribution in [0.1, 0.15) is 11.1 Å². The summed E-state index contributed by atoms with van der Waals surface area (Å²) in [6.07, 6.45) is 3.31. The second kappa shape index (κ2) is 12.3. The van der Waals surface area contributed by atoms with Crippen LogP contribution in [0.3, 0.4) is 0 Å². The molecule has 0 spiro atoms. The van der Waals surface area contributed by atoms with E-state index in [1.807, 2.05) is 70.6 Å². The fourth-order valence-electron chi connectivity index (χ4n) is 6.48. The third-order valence-corrected chi connectivity index (χ3v) is 8.50. The molecule has 0 saturated carbocycles. The van der Waals surface area contributed by atoms with Crippen LogP contribution in [-0.2, 0) is 17.6 Å². The van der Waals surface area contributed by atoms with Crippen molar-refractivity contribution < 1.29 is 9.59 Å². The zero-order valence-corrected chi connectivity index (χ0v) is 24.5. The van der Waals surface area contributed by atoms with Crippen LogP contribution in [0.5, 0.6) is 0 Å². The first-order chi connectivity index (χ1) is 20.5. The van der Waals surface area contributed by atoms with Gasteiger partial charge < -0.3 is 29.9 Å². The molecule has 3 heterocycles. The van der Waals surface area contributed by atoms with Gasteiger partial charge >= 0.3 is 6.03 Å². The van der Waals surface area contributed by atoms with Gasteiger partial charge in [-0.1, -0.05) is 54.6 Å². The van der Waals surface area contributed by atoms with E-state index in [2.05, 4.69) is 58.5 Å². The van der Waals surface area contributed by atoms with Crippen LogP contribution < -0.4 is 15.1 Å². The highest BCUT2D eigenvalue weighted by atomic mass is 16.2. The smallest absolute Gasteiger partial charge is 0.318 e. The fourth-order valence-corrected chi connectivity index (χ4v) is 6.48. The van der Waals surface area contributed by atoms with Crippen LogP contribution in [0.2, 0.25) is 0 Å². The van der Waals surface area contributed by atoms with Gasteiger partial charge in [0, 0.05) is 74.2 Å². The van der Waals surface area contributed by atoms with Gasteiger partial charge in [0.05, 0.1) is 0 Å². The standard InChI is InChI=1S/C34H40N6O2/c1-37(2)23-25-20-26-10-6-9-15-32(26)40(24-25)33(41)31(21-27-22-35-30-14-8-7-13-29(27)30)36-34(42)39-18-16-38(17-19-39)28-11-4-3-5-12-28/h3-15,22,25,31,35H,16-21,23-24H2,1-2H3,(H,36,42)/t25-,31-/m1/s1. The van der Waals surface area contributed by atoms with Crippen molar-refractivity contribution in [3.8, 4) is 0 Å². The minimum absolute atomic E-state index is 0.0625. The molecule has 0 radical (unpaired) electrons. The number of para-hydroxylation sites is 3. The van der Waals surface area contributed by atoms with Crippen LogP contribution in [0.25, 0.3) is 10.9 Å². The number of nitrogens with zero attached hydrogens (tertiary/aromatic N) is 4. The number of fused-ring (bicyclic) bond motifs is 2. The number of benzene rings is 3. The summed E-state index contributed by atoms with van der Waals surface area (Å²) in [7, 11) is 4.15. The lowest BCUT2D eigenvalue weighted by Gasteiger charge is -2.39. The molecule has 6 rings (SSSR count). The first kappa shape index (κ1) is 27.8. The molecule has 3 aromatic carbocycles. The Morgan fingerprint density at radius 3 is 2.43 bits per heavy atom. The number of rotatable bonds is 7. The van der Waals surface area contributed by atoms with Crippen molar-refractivity contribution in [2.75, 3.05) is 63.2 Å². The molecule has 1 saturated heterocycles. The summed E-state index contributed by atoms with van der Waals surface area (Å²) in [5.41, 5.74) is 5.34. The number of urea groups is 1. The molecule has 0 aliphatic carbocycles. The zero-order chi connectivity index (χ0) is 29.1. The maximum Gasteiger partial charge on any atom is 0.318 e. The van der Waals surface area contributed by atoms with Gasteiger partial charge in [-0.25, -0.2) is 4.79 Å². The van der Waals surface area contributed by atoms with Crippen molar-refractivity contribution in [2.45, 2.75) is 18.9 Å². The van der Waals surface area contributed by atoms with Crippen molar-refractivity contribution >= 4 is 34.2 Å². The van der Waals surface area contributed by atoms with Crippen molar-refractivity contribution in [3.63, 3.8) is 0 Å². The van der Waals surface area contributed by atoms with Gasteiger partial charge in [0.1, 0.15) is 6.04 Å². The summed E-state index contributed by atoms with van der Waals surface area (Å²) >= 11 is 0. The molecule has 0 unspecified atom stereocenters. The second-order valence-corrected chi connectivity index (χ2v) is 11.8. The molecule has 2 N–H and O–H groups in total. The third kappa shape index (κ3) is 5.99. The number of aromatic nitrogens is 1. The molecular weight excluding hydrogens is 524 g/mol. The molecule has 3 amide bonds. The lowest BCUT2D eigenvalue weighted by atomic mass is 9.91. The van der Waals surface area contributed by atoms with Crippen LogP contribution in [0.15, 0.2) is 85.1 Å². The minimum Gasteiger partial charge on any atom is -0.368 e. The average Bonchev–Trinajstić information content (AvgIpc) is 3.43. The van der Waals surface area contributed by atoms with E-state index in [-0.39, 0.29) is 11.9 Å². The van der Waals surface area contributed by atoms with Gasteiger partial charge in [0.15, 0.2) is 0 Å². The normalized spacial score (nSPS) is 17.8. The van der Waals surface area contributed by atoms with Crippen molar-refractivity contribution in [2.24, 2.45) is 5.92 Å².